The summed E-state index contributed by atoms with van der Waals surface area (Å²) in [5.74, 6) is 0.0859. The van der Waals surface area contributed by atoms with Gasteiger partial charge in [-0.25, -0.2) is 0 Å². The minimum absolute atomic E-state index is 0.0784. The van der Waals surface area contributed by atoms with E-state index >= 15 is 0 Å². The molecule has 1 heterocycles. The van der Waals surface area contributed by atoms with Gasteiger partial charge in [-0.1, -0.05) is 25.1 Å². The molecular formula is C14H18N2O2. The van der Waals surface area contributed by atoms with Crippen molar-refractivity contribution in [3.05, 3.63) is 36.0 Å². The third-order valence-electron chi connectivity index (χ3n) is 3.12. The highest BCUT2D eigenvalue weighted by Gasteiger charge is 2.14. The number of hydrogen-bond donors (Lipinski definition) is 2. The topological polar surface area (TPSA) is 56.3 Å². The summed E-state index contributed by atoms with van der Waals surface area (Å²) in [5.41, 5.74) is 1.70. The van der Waals surface area contributed by atoms with Crippen LogP contribution in [-0.2, 0) is 0 Å². The normalized spacial score (nSPS) is 11.3. The maximum atomic E-state index is 12.2. The van der Waals surface area contributed by atoms with Crippen molar-refractivity contribution in [2.75, 3.05) is 26.2 Å². The van der Waals surface area contributed by atoms with E-state index in [-0.39, 0.29) is 12.4 Å². The fraction of sp³-hybridized carbons (Fsp3) is 0.357. The van der Waals surface area contributed by atoms with Gasteiger partial charge in [-0.15, -0.1) is 0 Å². The Morgan fingerprint density at radius 1 is 1.39 bits per heavy atom. The third kappa shape index (κ3) is 2.60. The molecule has 0 atom stereocenters. The largest absolute Gasteiger partial charge is 0.395 e. The van der Waals surface area contributed by atoms with Gasteiger partial charge in [0.05, 0.1) is 13.2 Å². The number of aliphatic hydroxyl groups excluding tert-OH is 1. The molecule has 4 nitrogen and oxygen atoms in total. The van der Waals surface area contributed by atoms with Gasteiger partial charge in [0.2, 0.25) is 0 Å². The number of rotatable bonds is 6. The number of Topliss-reactive ketones (excluding diaryl/α,β-unsaturated/α-hetero) is 1. The number of ketones is 1. The zero-order chi connectivity index (χ0) is 13.0. The molecule has 96 valence electrons. The molecule has 1 aromatic carbocycles. The zero-order valence-electron chi connectivity index (χ0n) is 10.5. The van der Waals surface area contributed by atoms with Crippen LogP contribution in [0.2, 0.25) is 0 Å². The van der Waals surface area contributed by atoms with Gasteiger partial charge >= 0.3 is 0 Å². The van der Waals surface area contributed by atoms with Gasteiger partial charge < -0.3 is 10.1 Å². The summed E-state index contributed by atoms with van der Waals surface area (Å²) in [6, 6.07) is 7.77. The van der Waals surface area contributed by atoms with Crippen LogP contribution in [0, 0.1) is 0 Å². The number of carbonyl (C=O) groups excluding carboxylic acids is 1. The number of hydrogen-bond acceptors (Lipinski definition) is 3. The fourth-order valence-electron chi connectivity index (χ4n) is 2.08. The molecule has 0 unspecified atom stereocenters. The first-order valence-corrected chi connectivity index (χ1v) is 6.18. The fourth-order valence-corrected chi connectivity index (χ4v) is 2.08. The molecule has 2 rings (SSSR count). The van der Waals surface area contributed by atoms with Crippen LogP contribution in [0.3, 0.4) is 0 Å². The van der Waals surface area contributed by atoms with Crippen molar-refractivity contribution in [3.8, 4) is 0 Å². The number of aliphatic hydroxyl groups is 1. The lowest BCUT2D eigenvalue weighted by atomic mass is 10.1. The molecule has 0 aliphatic rings. The monoisotopic (exact) mass is 246 g/mol. The molecule has 4 heteroatoms. The Hall–Kier alpha value is -1.65. The first-order valence-electron chi connectivity index (χ1n) is 6.18. The lowest BCUT2D eigenvalue weighted by Gasteiger charge is -2.17. The summed E-state index contributed by atoms with van der Waals surface area (Å²) in [4.78, 5) is 17.3. The van der Waals surface area contributed by atoms with E-state index in [0.29, 0.717) is 13.1 Å². The predicted molar refractivity (Wildman–Crippen MR) is 71.8 cm³/mol. The average molecular weight is 246 g/mol. The molecule has 0 saturated carbocycles. The number of likely N-dealkylation sites (N-methyl/N-ethyl adjacent to an activating group) is 1. The molecule has 0 amide bonds. The van der Waals surface area contributed by atoms with Gasteiger partial charge in [0.15, 0.2) is 5.78 Å². The van der Waals surface area contributed by atoms with Gasteiger partial charge in [0.1, 0.15) is 0 Å². The van der Waals surface area contributed by atoms with Crippen LogP contribution in [0.1, 0.15) is 17.3 Å². The van der Waals surface area contributed by atoms with E-state index in [9.17, 15) is 4.79 Å². The van der Waals surface area contributed by atoms with Crippen LogP contribution in [-0.4, -0.2) is 47.0 Å². The Balaban J connectivity index is 2.18. The number of nitrogens with zero attached hydrogens (tertiary/aromatic N) is 1. The SMILES string of the molecule is CCN(CCO)CC(=O)c1c[nH]c2ccccc12. The summed E-state index contributed by atoms with van der Waals surface area (Å²) >= 11 is 0. The number of aromatic amines is 1. The van der Waals surface area contributed by atoms with Crippen molar-refractivity contribution in [1.29, 1.82) is 0 Å². The second-order valence-corrected chi connectivity index (χ2v) is 4.26. The van der Waals surface area contributed by atoms with Crippen molar-refractivity contribution in [1.82, 2.24) is 9.88 Å². The number of para-hydroxylation sites is 1. The van der Waals surface area contributed by atoms with Crippen molar-refractivity contribution in [3.63, 3.8) is 0 Å². The number of fused-ring (bicyclic) bond motifs is 1. The van der Waals surface area contributed by atoms with Gasteiger partial charge in [-0.2, -0.15) is 0 Å². The molecule has 18 heavy (non-hydrogen) atoms. The number of nitrogens with one attached hydrogen (secondary N) is 1. The van der Waals surface area contributed by atoms with Gasteiger partial charge in [0, 0.05) is 29.2 Å². The molecule has 2 N–H and O–H groups in total. The minimum Gasteiger partial charge on any atom is -0.395 e. The molecular weight excluding hydrogens is 228 g/mol. The first-order chi connectivity index (χ1) is 8.76. The highest BCUT2D eigenvalue weighted by Crippen LogP contribution is 2.18. The Labute approximate surface area is 106 Å². The summed E-state index contributed by atoms with van der Waals surface area (Å²) in [6.45, 7) is 3.70. The van der Waals surface area contributed by atoms with Crippen molar-refractivity contribution in [2.24, 2.45) is 0 Å². The number of benzene rings is 1. The number of H-pyrrole nitrogens is 1. The second-order valence-electron chi connectivity index (χ2n) is 4.26. The Bertz CT molecular complexity index is 533. The van der Waals surface area contributed by atoms with Gasteiger partial charge in [-0.3, -0.25) is 9.69 Å². The number of aromatic nitrogens is 1. The van der Waals surface area contributed by atoms with E-state index in [0.717, 1.165) is 23.0 Å². The van der Waals surface area contributed by atoms with Crippen LogP contribution in [0.4, 0.5) is 0 Å². The molecule has 0 fully saturated rings. The summed E-state index contributed by atoms with van der Waals surface area (Å²) in [7, 11) is 0. The van der Waals surface area contributed by atoms with E-state index in [1.165, 1.54) is 0 Å². The van der Waals surface area contributed by atoms with E-state index in [2.05, 4.69) is 4.98 Å². The molecule has 0 aliphatic heterocycles. The Morgan fingerprint density at radius 2 is 2.17 bits per heavy atom. The molecule has 0 spiro atoms. The second kappa shape index (κ2) is 5.80. The molecule has 0 radical (unpaired) electrons. The molecule has 0 aliphatic carbocycles. The summed E-state index contributed by atoms with van der Waals surface area (Å²) in [5, 5.41) is 9.88. The molecule has 1 aromatic heterocycles. The third-order valence-corrected chi connectivity index (χ3v) is 3.12. The Kier molecular flexibility index (Phi) is 4.12. The maximum Gasteiger partial charge on any atom is 0.178 e. The lowest BCUT2D eigenvalue weighted by molar-refractivity contribution is 0.0921. The summed E-state index contributed by atoms with van der Waals surface area (Å²) in [6.07, 6.45) is 1.76. The van der Waals surface area contributed by atoms with Gasteiger partial charge in [0.25, 0.3) is 0 Å². The van der Waals surface area contributed by atoms with Crippen molar-refractivity contribution in [2.45, 2.75) is 6.92 Å². The van der Waals surface area contributed by atoms with E-state index in [4.69, 9.17) is 5.11 Å². The summed E-state index contributed by atoms with van der Waals surface area (Å²) < 4.78 is 0. The van der Waals surface area contributed by atoms with Gasteiger partial charge in [-0.05, 0) is 12.6 Å². The predicted octanol–water partition coefficient (Wildman–Crippen LogP) is 1.66. The smallest absolute Gasteiger partial charge is 0.178 e. The molecule has 0 saturated heterocycles. The minimum atomic E-state index is 0.0784. The standard InChI is InChI=1S/C14H18N2O2/c1-2-16(7-8-17)10-14(18)12-9-15-13-6-4-3-5-11(12)13/h3-6,9,15,17H,2,7-8,10H2,1H3. The number of carbonyl (C=O) groups is 1. The maximum absolute atomic E-state index is 12.2. The first kappa shape index (κ1) is 12.8. The highest BCUT2D eigenvalue weighted by atomic mass is 16.3. The zero-order valence-corrected chi connectivity index (χ0v) is 10.5. The van der Waals surface area contributed by atoms with Crippen LogP contribution >= 0.6 is 0 Å². The van der Waals surface area contributed by atoms with E-state index in [1.54, 1.807) is 6.20 Å². The van der Waals surface area contributed by atoms with Crippen LogP contribution in [0.25, 0.3) is 10.9 Å². The molecule has 0 bridgehead atoms. The van der Waals surface area contributed by atoms with Crippen molar-refractivity contribution >= 4 is 16.7 Å². The van der Waals surface area contributed by atoms with Crippen LogP contribution in [0.15, 0.2) is 30.5 Å². The van der Waals surface area contributed by atoms with Crippen molar-refractivity contribution < 1.29 is 9.90 Å². The van der Waals surface area contributed by atoms with E-state index in [1.807, 2.05) is 36.1 Å². The average Bonchev–Trinajstić information content (AvgIpc) is 2.82. The Morgan fingerprint density at radius 3 is 2.89 bits per heavy atom. The highest BCUT2D eigenvalue weighted by molar-refractivity contribution is 6.08. The lowest BCUT2D eigenvalue weighted by Crippen LogP contribution is -2.32. The van der Waals surface area contributed by atoms with E-state index < -0.39 is 0 Å². The van der Waals surface area contributed by atoms with Crippen LogP contribution in [0.5, 0.6) is 0 Å². The van der Waals surface area contributed by atoms with Crippen LogP contribution < -0.4 is 0 Å². The quantitative estimate of drug-likeness (QED) is 0.762. The molecule has 2 aromatic rings.